The van der Waals surface area contributed by atoms with Crippen LogP contribution in [0.3, 0.4) is 0 Å². The first-order valence-electron chi connectivity index (χ1n) is 9.19. The van der Waals surface area contributed by atoms with Gasteiger partial charge in [-0.2, -0.15) is 0 Å². The molecule has 0 spiro atoms. The molecule has 1 aliphatic rings. The second-order valence-electron chi connectivity index (χ2n) is 7.12. The van der Waals surface area contributed by atoms with E-state index in [4.69, 9.17) is 0 Å². The summed E-state index contributed by atoms with van der Waals surface area (Å²) in [6, 6.07) is 13.6. The molecule has 150 valence electrons. The van der Waals surface area contributed by atoms with E-state index in [-0.39, 0.29) is 4.90 Å². The number of sulfonamides is 1. The van der Waals surface area contributed by atoms with Crippen LogP contribution in [0.2, 0.25) is 0 Å². The topological polar surface area (TPSA) is 85.2 Å². The molecule has 0 atom stereocenters. The second kappa shape index (κ2) is 8.72. The van der Waals surface area contributed by atoms with E-state index in [0.717, 1.165) is 37.3 Å². The largest absolute Gasteiger partial charge is 0.411 e. The van der Waals surface area contributed by atoms with Gasteiger partial charge in [0.2, 0.25) is 0 Å². The fourth-order valence-electron chi connectivity index (χ4n) is 3.06. The molecule has 2 aromatic rings. The average Bonchev–Trinajstić information content (AvgIpc) is 2.68. The number of piperazine rings is 1. The summed E-state index contributed by atoms with van der Waals surface area (Å²) in [5, 5.41) is 12.9. The number of anilines is 1. The van der Waals surface area contributed by atoms with Crippen molar-refractivity contribution in [1.82, 2.24) is 9.80 Å². The second-order valence-corrected chi connectivity index (χ2v) is 8.80. The van der Waals surface area contributed by atoms with Crippen molar-refractivity contribution in [2.24, 2.45) is 5.16 Å². The lowest BCUT2D eigenvalue weighted by atomic mass is 10.1. The van der Waals surface area contributed by atoms with Crippen LogP contribution in [0.1, 0.15) is 11.1 Å². The minimum atomic E-state index is -3.64. The average molecular weight is 403 g/mol. The third-order valence-corrected chi connectivity index (χ3v) is 6.29. The van der Waals surface area contributed by atoms with Gasteiger partial charge in [0, 0.05) is 44.0 Å². The molecule has 0 radical (unpaired) electrons. The molecule has 0 saturated carbocycles. The van der Waals surface area contributed by atoms with Crippen molar-refractivity contribution in [3.05, 3.63) is 59.7 Å². The number of rotatable bonds is 6. The maximum Gasteiger partial charge on any atom is 0.261 e. The van der Waals surface area contributed by atoms with Gasteiger partial charge in [0.1, 0.15) is 5.71 Å². The van der Waals surface area contributed by atoms with Crippen LogP contribution in [0, 0.1) is 6.92 Å². The van der Waals surface area contributed by atoms with Crippen molar-refractivity contribution in [2.75, 3.05) is 44.5 Å². The highest BCUT2D eigenvalue weighted by Crippen LogP contribution is 2.18. The Hall–Kier alpha value is -2.42. The minimum absolute atomic E-state index is 0.217. The normalized spacial score (nSPS) is 16.9. The Kier molecular flexibility index (Phi) is 6.33. The molecule has 0 amide bonds. The predicted molar refractivity (Wildman–Crippen MR) is 111 cm³/mol. The summed E-state index contributed by atoms with van der Waals surface area (Å²) >= 11 is 0. The minimum Gasteiger partial charge on any atom is -0.411 e. The van der Waals surface area contributed by atoms with Crippen molar-refractivity contribution in [3.63, 3.8) is 0 Å². The first-order valence-corrected chi connectivity index (χ1v) is 10.7. The van der Waals surface area contributed by atoms with Crippen LogP contribution in [0.25, 0.3) is 0 Å². The molecule has 0 bridgehead atoms. The first-order chi connectivity index (χ1) is 13.4. The van der Waals surface area contributed by atoms with E-state index in [1.807, 2.05) is 6.92 Å². The van der Waals surface area contributed by atoms with Crippen LogP contribution < -0.4 is 4.72 Å². The Morgan fingerprint density at radius 2 is 1.64 bits per heavy atom. The number of nitrogens with one attached hydrogen (secondary N) is 1. The molecule has 2 aromatic carbocycles. The maximum absolute atomic E-state index is 12.5. The van der Waals surface area contributed by atoms with Crippen LogP contribution in [-0.4, -0.2) is 68.9 Å². The summed E-state index contributed by atoms with van der Waals surface area (Å²) in [5.41, 5.74) is 2.79. The molecule has 1 aliphatic heterocycles. The van der Waals surface area contributed by atoms with Gasteiger partial charge in [0.05, 0.1) is 4.90 Å². The van der Waals surface area contributed by atoms with Gasteiger partial charge in [-0.3, -0.25) is 9.62 Å². The van der Waals surface area contributed by atoms with E-state index in [2.05, 4.69) is 26.7 Å². The number of hydrogen-bond donors (Lipinski definition) is 2. The summed E-state index contributed by atoms with van der Waals surface area (Å²) in [6.45, 7) is 6.27. The molecule has 1 heterocycles. The van der Waals surface area contributed by atoms with Gasteiger partial charge in [-0.1, -0.05) is 35.0 Å². The lowest BCUT2D eigenvalue weighted by Crippen LogP contribution is -2.46. The van der Waals surface area contributed by atoms with Crippen molar-refractivity contribution in [1.29, 1.82) is 0 Å². The Balaban J connectivity index is 1.67. The molecule has 1 saturated heterocycles. The molecule has 8 heteroatoms. The molecule has 2 N–H and O–H groups in total. The monoisotopic (exact) mass is 402 g/mol. The number of hydrogen-bond acceptors (Lipinski definition) is 6. The van der Waals surface area contributed by atoms with Gasteiger partial charge in [-0.05, 0) is 38.2 Å². The highest BCUT2D eigenvalue weighted by molar-refractivity contribution is 7.92. The number of oxime groups is 1. The van der Waals surface area contributed by atoms with Gasteiger partial charge in [0.15, 0.2) is 0 Å². The van der Waals surface area contributed by atoms with Gasteiger partial charge in [0.25, 0.3) is 10.0 Å². The molecular formula is C20H26N4O3S. The van der Waals surface area contributed by atoms with Crippen molar-refractivity contribution in [2.45, 2.75) is 11.8 Å². The Morgan fingerprint density at radius 3 is 2.21 bits per heavy atom. The number of benzene rings is 2. The summed E-state index contributed by atoms with van der Waals surface area (Å²) in [5.74, 6) is 0. The molecule has 28 heavy (non-hydrogen) atoms. The smallest absolute Gasteiger partial charge is 0.261 e. The van der Waals surface area contributed by atoms with Crippen LogP contribution >= 0.6 is 0 Å². The predicted octanol–water partition coefficient (Wildman–Crippen LogP) is 2.22. The lowest BCUT2D eigenvalue weighted by molar-refractivity contribution is 0.169. The zero-order valence-corrected chi connectivity index (χ0v) is 17.0. The fraction of sp³-hybridized carbons (Fsp3) is 0.350. The Labute approximate surface area is 166 Å². The summed E-state index contributed by atoms with van der Waals surface area (Å²) in [6.07, 6.45) is 0. The summed E-state index contributed by atoms with van der Waals surface area (Å²) < 4.78 is 27.6. The molecule has 3 rings (SSSR count). The van der Waals surface area contributed by atoms with Gasteiger partial charge in [-0.15, -0.1) is 0 Å². The lowest BCUT2D eigenvalue weighted by Gasteiger charge is -2.32. The van der Waals surface area contributed by atoms with Gasteiger partial charge < -0.3 is 10.1 Å². The molecule has 7 nitrogen and oxygen atoms in total. The van der Waals surface area contributed by atoms with E-state index in [9.17, 15) is 13.6 Å². The Morgan fingerprint density at radius 1 is 1.04 bits per heavy atom. The van der Waals surface area contributed by atoms with E-state index < -0.39 is 10.0 Å². The summed E-state index contributed by atoms with van der Waals surface area (Å²) in [4.78, 5) is 4.72. The highest BCUT2D eigenvalue weighted by Gasteiger charge is 2.18. The van der Waals surface area contributed by atoms with Gasteiger partial charge >= 0.3 is 0 Å². The van der Waals surface area contributed by atoms with Crippen LogP contribution in [0.5, 0.6) is 0 Å². The quantitative estimate of drug-likeness (QED) is 0.440. The Bertz CT molecular complexity index is 917. The van der Waals surface area contributed by atoms with E-state index in [0.29, 0.717) is 17.9 Å². The summed E-state index contributed by atoms with van der Waals surface area (Å²) in [7, 11) is -1.55. The number of likely N-dealkylation sites (N-methyl/N-ethyl adjacent to an activating group) is 1. The van der Waals surface area contributed by atoms with E-state index >= 15 is 0 Å². The molecule has 1 fully saturated rings. The van der Waals surface area contributed by atoms with Crippen molar-refractivity contribution in [3.8, 4) is 0 Å². The van der Waals surface area contributed by atoms with Crippen LogP contribution in [0.4, 0.5) is 5.69 Å². The molecular weight excluding hydrogens is 376 g/mol. The first kappa shape index (κ1) is 20.3. The van der Waals surface area contributed by atoms with Gasteiger partial charge in [-0.25, -0.2) is 8.42 Å². The van der Waals surface area contributed by atoms with Crippen molar-refractivity contribution < 1.29 is 13.6 Å². The van der Waals surface area contributed by atoms with E-state index in [1.54, 1.807) is 48.5 Å². The van der Waals surface area contributed by atoms with Crippen molar-refractivity contribution >= 4 is 21.4 Å². The maximum atomic E-state index is 12.5. The zero-order valence-electron chi connectivity index (χ0n) is 16.2. The SMILES string of the molecule is Cc1ccc(S(=O)(=O)Nc2ccc(/C(CN3CCN(C)CC3)=N/O)cc2)cc1. The molecule has 0 aromatic heterocycles. The third kappa shape index (κ3) is 5.09. The van der Waals surface area contributed by atoms with Crippen LogP contribution in [-0.2, 0) is 10.0 Å². The third-order valence-electron chi connectivity index (χ3n) is 4.89. The van der Waals surface area contributed by atoms with E-state index in [1.165, 1.54) is 0 Å². The molecule has 0 aliphatic carbocycles. The zero-order chi connectivity index (χ0) is 20.1. The molecule has 0 unspecified atom stereocenters. The standard InChI is InChI=1S/C20H26N4O3S/c1-16-3-9-19(10-4-16)28(26,27)22-18-7-5-17(6-8-18)20(21-25)15-24-13-11-23(2)12-14-24/h3-10,22,25H,11-15H2,1-2H3/b21-20+. The van der Waals surface area contributed by atoms with Crippen LogP contribution in [0.15, 0.2) is 58.6 Å². The number of nitrogens with zero attached hydrogens (tertiary/aromatic N) is 3. The highest BCUT2D eigenvalue weighted by atomic mass is 32.2. The fourth-order valence-corrected chi connectivity index (χ4v) is 4.12. The number of aryl methyl sites for hydroxylation is 1.